The maximum atomic E-state index is 13.0. The number of methoxy groups -OCH3 is 1. The monoisotopic (exact) mass is 394 g/mol. The Labute approximate surface area is 167 Å². The molecule has 0 unspecified atom stereocenters. The van der Waals surface area contributed by atoms with Crippen LogP contribution in [-0.2, 0) is 6.54 Å². The Morgan fingerprint density at radius 1 is 1.10 bits per heavy atom. The molecule has 0 bridgehead atoms. The van der Waals surface area contributed by atoms with Gasteiger partial charge in [-0.2, -0.15) is 0 Å². The van der Waals surface area contributed by atoms with Gasteiger partial charge in [0.2, 0.25) is 0 Å². The third kappa shape index (κ3) is 4.06. The number of hydrogen-bond acceptors (Lipinski definition) is 5. The molecule has 0 saturated heterocycles. The van der Waals surface area contributed by atoms with Crippen molar-refractivity contribution >= 4 is 17.4 Å². The molecule has 0 aliphatic carbocycles. The molecule has 3 aromatic rings. The second-order valence-corrected chi connectivity index (χ2v) is 6.34. The lowest BCUT2D eigenvalue weighted by molar-refractivity contribution is 0.0988. The Kier molecular flexibility index (Phi) is 5.82. The number of anilines is 2. The number of H-pyrrole nitrogens is 1. The lowest BCUT2D eigenvalue weighted by Gasteiger charge is -2.23. The number of nitrogens with one attached hydrogen (secondary N) is 1. The smallest absolute Gasteiger partial charge is 0.330 e. The minimum Gasteiger partial charge on any atom is -0.497 e. The molecular formula is C21H22N4O4. The van der Waals surface area contributed by atoms with Gasteiger partial charge in [0, 0.05) is 12.1 Å². The van der Waals surface area contributed by atoms with Gasteiger partial charge in [-0.05, 0) is 36.8 Å². The van der Waals surface area contributed by atoms with Crippen LogP contribution in [0, 0.1) is 0 Å². The zero-order valence-electron chi connectivity index (χ0n) is 16.2. The van der Waals surface area contributed by atoms with Crippen LogP contribution in [-0.4, -0.2) is 29.1 Å². The summed E-state index contributed by atoms with van der Waals surface area (Å²) in [6.07, 6.45) is 0. The number of benzene rings is 2. The largest absolute Gasteiger partial charge is 0.497 e. The van der Waals surface area contributed by atoms with E-state index in [0.29, 0.717) is 11.3 Å². The molecule has 0 aliphatic heterocycles. The third-order valence-electron chi connectivity index (χ3n) is 4.57. The number of nitrogens with zero attached hydrogens (tertiary/aromatic N) is 2. The summed E-state index contributed by atoms with van der Waals surface area (Å²) in [5, 5.41) is 0. The Balaban J connectivity index is 2.05. The first kappa shape index (κ1) is 19.9. The molecule has 0 saturated carbocycles. The average Bonchev–Trinajstić information content (AvgIpc) is 2.74. The van der Waals surface area contributed by atoms with Crippen molar-refractivity contribution in [2.75, 3.05) is 24.3 Å². The number of aromatic nitrogens is 2. The molecule has 1 amide bonds. The number of nitrogen functional groups attached to an aromatic ring is 1. The second-order valence-electron chi connectivity index (χ2n) is 6.34. The van der Waals surface area contributed by atoms with E-state index in [4.69, 9.17) is 10.5 Å². The molecule has 0 radical (unpaired) electrons. The highest BCUT2D eigenvalue weighted by Crippen LogP contribution is 2.21. The molecule has 1 heterocycles. The zero-order chi connectivity index (χ0) is 21.0. The molecule has 3 rings (SSSR count). The van der Waals surface area contributed by atoms with Crippen molar-refractivity contribution in [2.24, 2.45) is 0 Å². The van der Waals surface area contributed by atoms with Crippen molar-refractivity contribution in [1.82, 2.24) is 9.55 Å². The Morgan fingerprint density at radius 2 is 1.76 bits per heavy atom. The van der Waals surface area contributed by atoms with Gasteiger partial charge in [0.1, 0.15) is 11.6 Å². The van der Waals surface area contributed by atoms with Crippen molar-refractivity contribution in [2.45, 2.75) is 13.5 Å². The van der Waals surface area contributed by atoms with E-state index in [2.05, 4.69) is 4.98 Å². The Bertz CT molecular complexity index is 1120. The Morgan fingerprint density at radius 3 is 2.34 bits per heavy atom. The molecule has 8 heteroatoms. The maximum absolute atomic E-state index is 13.0. The summed E-state index contributed by atoms with van der Waals surface area (Å²) in [7, 11) is 1.53. The topological polar surface area (TPSA) is 110 Å². The number of nitrogens with two attached hydrogens (primary N) is 1. The van der Waals surface area contributed by atoms with Crippen LogP contribution in [0.15, 0.2) is 64.2 Å². The minimum atomic E-state index is -0.708. The van der Waals surface area contributed by atoms with Crippen molar-refractivity contribution in [1.29, 1.82) is 0 Å². The molecule has 3 N–H and O–H groups in total. The molecule has 2 aromatic carbocycles. The number of hydrogen-bond donors (Lipinski definition) is 2. The van der Waals surface area contributed by atoms with E-state index in [1.54, 1.807) is 31.2 Å². The fraction of sp³-hybridized carbons (Fsp3) is 0.190. The van der Waals surface area contributed by atoms with Crippen LogP contribution in [0.5, 0.6) is 5.75 Å². The van der Waals surface area contributed by atoms with Gasteiger partial charge < -0.3 is 15.4 Å². The number of rotatable bonds is 6. The predicted octanol–water partition coefficient (Wildman–Crippen LogP) is 1.84. The van der Waals surface area contributed by atoms with Crippen molar-refractivity contribution < 1.29 is 9.53 Å². The van der Waals surface area contributed by atoms with Gasteiger partial charge in [-0.15, -0.1) is 0 Å². The number of carbonyl (C=O) groups is 1. The fourth-order valence-corrected chi connectivity index (χ4v) is 3.05. The van der Waals surface area contributed by atoms with Crippen LogP contribution in [0.1, 0.15) is 22.8 Å². The third-order valence-corrected chi connectivity index (χ3v) is 4.57. The molecular weight excluding hydrogens is 372 g/mol. The van der Waals surface area contributed by atoms with Crippen molar-refractivity contribution in [3.8, 4) is 5.75 Å². The first-order valence-corrected chi connectivity index (χ1v) is 9.08. The highest BCUT2D eigenvalue weighted by Gasteiger charge is 2.24. The molecule has 8 nitrogen and oxygen atoms in total. The van der Waals surface area contributed by atoms with Gasteiger partial charge in [0.15, 0.2) is 5.69 Å². The van der Waals surface area contributed by atoms with E-state index in [0.717, 1.165) is 5.56 Å². The Hall–Kier alpha value is -3.81. The summed E-state index contributed by atoms with van der Waals surface area (Å²) >= 11 is 0. The van der Waals surface area contributed by atoms with E-state index < -0.39 is 17.2 Å². The second kappa shape index (κ2) is 8.47. The molecule has 29 heavy (non-hydrogen) atoms. The quantitative estimate of drug-likeness (QED) is 0.663. The summed E-state index contributed by atoms with van der Waals surface area (Å²) in [6, 6.07) is 15.8. The highest BCUT2D eigenvalue weighted by molar-refractivity contribution is 6.07. The van der Waals surface area contributed by atoms with Crippen molar-refractivity contribution in [3.63, 3.8) is 0 Å². The van der Waals surface area contributed by atoms with Crippen LogP contribution in [0.4, 0.5) is 11.5 Å². The van der Waals surface area contributed by atoms with Crippen molar-refractivity contribution in [3.05, 3.63) is 86.6 Å². The number of amides is 1. The summed E-state index contributed by atoms with van der Waals surface area (Å²) in [4.78, 5) is 41.4. The molecule has 0 spiro atoms. The van der Waals surface area contributed by atoms with E-state index >= 15 is 0 Å². The van der Waals surface area contributed by atoms with E-state index in [1.165, 1.54) is 16.6 Å². The van der Waals surface area contributed by atoms with Gasteiger partial charge in [-0.3, -0.25) is 19.1 Å². The maximum Gasteiger partial charge on any atom is 0.330 e. The average molecular weight is 394 g/mol. The first-order chi connectivity index (χ1) is 14.0. The molecule has 0 fully saturated rings. The van der Waals surface area contributed by atoms with Crippen LogP contribution in [0.2, 0.25) is 0 Å². The number of ether oxygens (including phenoxy) is 1. The zero-order valence-corrected chi connectivity index (χ0v) is 16.2. The van der Waals surface area contributed by atoms with Gasteiger partial charge in [0.05, 0.1) is 13.7 Å². The van der Waals surface area contributed by atoms with Gasteiger partial charge in [-0.1, -0.05) is 30.3 Å². The highest BCUT2D eigenvalue weighted by atomic mass is 16.5. The normalized spacial score (nSPS) is 10.6. The SMILES string of the molecule is CCN(C(=O)c1ccc(OC)cc1)c1c(N)n(Cc2ccccc2)c(=O)[nH]c1=O. The summed E-state index contributed by atoms with van der Waals surface area (Å²) < 4.78 is 6.35. The van der Waals surface area contributed by atoms with Gasteiger partial charge in [-0.25, -0.2) is 4.79 Å². The van der Waals surface area contributed by atoms with E-state index in [9.17, 15) is 14.4 Å². The van der Waals surface area contributed by atoms with Crippen LogP contribution in [0.25, 0.3) is 0 Å². The minimum absolute atomic E-state index is 0.0520. The summed E-state index contributed by atoms with van der Waals surface area (Å²) in [5.74, 6) is 0.141. The fourth-order valence-electron chi connectivity index (χ4n) is 3.05. The van der Waals surface area contributed by atoms with Gasteiger partial charge in [0.25, 0.3) is 11.5 Å². The predicted molar refractivity (Wildman–Crippen MR) is 112 cm³/mol. The van der Waals surface area contributed by atoms with E-state index in [1.807, 2.05) is 30.3 Å². The van der Waals surface area contributed by atoms with Crippen LogP contribution >= 0.6 is 0 Å². The molecule has 150 valence electrons. The van der Waals surface area contributed by atoms with E-state index in [-0.39, 0.29) is 24.6 Å². The molecule has 1 aromatic heterocycles. The standard InChI is InChI=1S/C21H22N4O4/c1-3-24(20(27)15-9-11-16(29-2)12-10-15)17-18(22)25(21(28)23-19(17)26)13-14-7-5-4-6-8-14/h4-12H,3,13,22H2,1-2H3,(H,23,26,28). The first-order valence-electron chi connectivity index (χ1n) is 9.08. The lowest BCUT2D eigenvalue weighted by Crippen LogP contribution is -2.41. The van der Waals surface area contributed by atoms with Gasteiger partial charge >= 0.3 is 5.69 Å². The summed E-state index contributed by atoms with van der Waals surface area (Å²) in [6.45, 7) is 2.10. The number of carbonyl (C=O) groups excluding carboxylic acids is 1. The van der Waals surface area contributed by atoms with Crippen LogP contribution in [0.3, 0.4) is 0 Å². The molecule has 0 aliphatic rings. The summed E-state index contributed by atoms with van der Waals surface area (Å²) in [5.41, 5.74) is 6.01. The van der Waals surface area contributed by atoms with Crippen LogP contribution < -0.4 is 26.6 Å². The lowest BCUT2D eigenvalue weighted by atomic mass is 10.1. The molecule has 0 atom stereocenters. The number of aromatic amines is 1.